The Hall–Kier alpha value is -2.93. The van der Waals surface area contributed by atoms with Crippen LogP contribution in [0.2, 0.25) is 0 Å². The average molecular weight is 337 g/mol. The summed E-state index contributed by atoms with van der Waals surface area (Å²) in [5, 5.41) is 18.3. The molecule has 3 heterocycles. The van der Waals surface area contributed by atoms with E-state index in [1.807, 2.05) is 53.4 Å². The summed E-state index contributed by atoms with van der Waals surface area (Å²) in [5.41, 5.74) is 0.667. The van der Waals surface area contributed by atoms with Gasteiger partial charge < -0.3 is 14.6 Å². The van der Waals surface area contributed by atoms with Gasteiger partial charge in [-0.05, 0) is 42.8 Å². The van der Waals surface area contributed by atoms with Crippen LogP contribution in [0.25, 0.3) is 5.69 Å². The highest BCUT2D eigenvalue weighted by Gasteiger charge is 2.39. The molecule has 1 fully saturated rings. The second-order valence-corrected chi connectivity index (χ2v) is 6.44. The van der Waals surface area contributed by atoms with Gasteiger partial charge >= 0.3 is 0 Å². The van der Waals surface area contributed by atoms with Crippen LogP contribution >= 0.6 is 0 Å². The minimum Gasteiger partial charge on any atom is -0.386 e. The van der Waals surface area contributed by atoms with E-state index < -0.39 is 5.60 Å². The molecule has 1 saturated heterocycles. The van der Waals surface area contributed by atoms with Crippen molar-refractivity contribution in [3.63, 3.8) is 0 Å². The predicted molar refractivity (Wildman–Crippen MR) is 91.3 cm³/mol. The van der Waals surface area contributed by atoms with Crippen LogP contribution in [0.3, 0.4) is 0 Å². The summed E-state index contributed by atoms with van der Waals surface area (Å²) in [5.74, 6) is -0.0615. The normalized spacial score (nSPS) is 20.1. The summed E-state index contributed by atoms with van der Waals surface area (Å²) >= 11 is 0. The molecule has 128 valence electrons. The van der Waals surface area contributed by atoms with Gasteiger partial charge in [0.1, 0.15) is 5.60 Å². The third kappa shape index (κ3) is 3.18. The molecule has 4 rings (SSSR count). The maximum absolute atomic E-state index is 12.7. The number of benzene rings is 1. The Morgan fingerprint density at radius 1 is 1.16 bits per heavy atom. The van der Waals surface area contributed by atoms with Crippen molar-refractivity contribution < 1.29 is 9.90 Å². The van der Waals surface area contributed by atoms with Crippen molar-refractivity contribution in [2.45, 2.75) is 18.6 Å². The van der Waals surface area contributed by atoms with E-state index in [1.165, 1.54) is 0 Å². The summed E-state index contributed by atoms with van der Waals surface area (Å²) in [4.78, 5) is 14.4. The molecule has 25 heavy (non-hydrogen) atoms. The quantitative estimate of drug-likeness (QED) is 0.780. The predicted octanol–water partition coefficient (Wildman–Crippen LogP) is 1.35. The lowest BCUT2D eigenvalue weighted by molar-refractivity contribution is 0.0267. The molecule has 0 spiro atoms. The number of β-amino-alcohol motifs (C(OH)–C–C–N with tert-alkyl or cyclic N) is 1. The topological polar surface area (TPSA) is 76.2 Å². The molecular formula is C18H19N5O2. The van der Waals surface area contributed by atoms with Crippen LogP contribution < -0.4 is 0 Å². The van der Waals surface area contributed by atoms with Crippen LogP contribution in [0, 0.1) is 0 Å². The van der Waals surface area contributed by atoms with Crippen molar-refractivity contribution in [3.8, 4) is 5.69 Å². The summed E-state index contributed by atoms with van der Waals surface area (Å²) in [6.45, 7) is 1.16. The van der Waals surface area contributed by atoms with Crippen molar-refractivity contribution in [2.24, 2.45) is 0 Å². The third-order valence-corrected chi connectivity index (χ3v) is 4.56. The highest BCUT2D eigenvalue weighted by Crippen LogP contribution is 2.24. The van der Waals surface area contributed by atoms with Crippen LogP contribution in [0.5, 0.6) is 0 Å². The largest absolute Gasteiger partial charge is 0.386 e. The Balaban J connectivity index is 1.44. The molecule has 1 unspecified atom stereocenters. The maximum atomic E-state index is 12.7. The van der Waals surface area contributed by atoms with Crippen LogP contribution in [-0.2, 0) is 6.54 Å². The van der Waals surface area contributed by atoms with Crippen LogP contribution in [0.4, 0.5) is 0 Å². The second-order valence-electron chi connectivity index (χ2n) is 6.44. The summed E-state index contributed by atoms with van der Waals surface area (Å²) < 4.78 is 3.58. The van der Waals surface area contributed by atoms with Crippen LogP contribution in [-0.4, -0.2) is 54.2 Å². The van der Waals surface area contributed by atoms with Crippen molar-refractivity contribution >= 4 is 5.91 Å². The first-order chi connectivity index (χ1) is 12.1. The van der Waals surface area contributed by atoms with Gasteiger partial charge in [0.2, 0.25) is 0 Å². The van der Waals surface area contributed by atoms with Crippen molar-refractivity contribution in [1.29, 1.82) is 0 Å². The number of likely N-dealkylation sites (tertiary alicyclic amines) is 1. The lowest BCUT2D eigenvalue weighted by atomic mass is 10.0. The Morgan fingerprint density at radius 3 is 2.60 bits per heavy atom. The molecule has 7 heteroatoms. The highest BCUT2D eigenvalue weighted by atomic mass is 16.3. The molecule has 1 aliphatic heterocycles. The zero-order valence-corrected chi connectivity index (χ0v) is 13.7. The molecule has 2 aromatic heterocycles. The number of aromatic nitrogens is 4. The minimum atomic E-state index is -0.964. The van der Waals surface area contributed by atoms with E-state index in [9.17, 15) is 9.90 Å². The Morgan fingerprint density at radius 2 is 1.92 bits per heavy atom. The first-order valence-corrected chi connectivity index (χ1v) is 8.22. The highest BCUT2D eigenvalue weighted by molar-refractivity contribution is 5.94. The molecule has 0 aliphatic carbocycles. The molecule has 1 aliphatic rings. The molecule has 0 saturated carbocycles. The van der Waals surface area contributed by atoms with Gasteiger partial charge in [-0.15, -0.1) is 5.10 Å². The number of hydrogen-bond acceptors (Lipinski definition) is 4. The van der Waals surface area contributed by atoms with E-state index >= 15 is 0 Å². The van der Waals surface area contributed by atoms with Gasteiger partial charge in [-0.25, -0.2) is 4.68 Å². The molecule has 1 amide bonds. The zero-order chi connectivity index (χ0) is 17.3. The van der Waals surface area contributed by atoms with Crippen molar-refractivity contribution in [3.05, 3.63) is 66.7 Å². The molecule has 1 N–H and O–H groups in total. The van der Waals surface area contributed by atoms with Gasteiger partial charge in [-0.3, -0.25) is 4.79 Å². The van der Waals surface area contributed by atoms with Gasteiger partial charge in [0.05, 0.1) is 19.3 Å². The molecule has 0 radical (unpaired) electrons. The van der Waals surface area contributed by atoms with Gasteiger partial charge in [-0.2, -0.15) is 0 Å². The van der Waals surface area contributed by atoms with E-state index in [0.717, 1.165) is 5.69 Å². The number of aliphatic hydroxyl groups is 1. The van der Waals surface area contributed by atoms with Crippen LogP contribution in [0.1, 0.15) is 16.8 Å². The number of nitrogens with zero attached hydrogens (tertiary/aromatic N) is 5. The Bertz CT molecular complexity index is 842. The fourth-order valence-electron chi connectivity index (χ4n) is 3.24. The fraction of sp³-hybridized carbons (Fsp3) is 0.278. The lowest BCUT2D eigenvalue weighted by Gasteiger charge is -2.23. The van der Waals surface area contributed by atoms with Gasteiger partial charge in [0, 0.05) is 36.4 Å². The van der Waals surface area contributed by atoms with E-state index in [0.29, 0.717) is 31.6 Å². The van der Waals surface area contributed by atoms with E-state index in [-0.39, 0.29) is 5.91 Å². The van der Waals surface area contributed by atoms with Crippen molar-refractivity contribution in [1.82, 2.24) is 24.5 Å². The number of carbonyl (C=O) groups is 1. The van der Waals surface area contributed by atoms with Gasteiger partial charge in [-0.1, -0.05) is 5.21 Å². The molecule has 7 nitrogen and oxygen atoms in total. The molecular weight excluding hydrogens is 318 g/mol. The Labute approximate surface area is 145 Å². The zero-order valence-electron chi connectivity index (χ0n) is 13.7. The third-order valence-electron chi connectivity index (χ3n) is 4.56. The second kappa shape index (κ2) is 6.18. The minimum absolute atomic E-state index is 0.0615. The number of rotatable bonds is 4. The maximum Gasteiger partial charge on any atom is 0.253 e. The van der Waals surface area contributed by atoms with Gasteiger partial charge in [0.25, 0.3) is 5.91 Å². The number of hydrogen-bond donors (Lipinski definition) is 1. The summed E-state index contributed by atoms with van der Waals surface area (Å²) in [6.07, 6.45) is 7.74. The van der Waals surface area contributed by atoms with E-state index in [4.69, 9.17) is 0 Å². The molecule has 1 atom stereocenters. The summed E-state index contributed by atoms with van der Waals surface area (Å²) in [6, 6.07) is 11.4. The number of amides is 1. The fourth-order valence-corrected chi connectivity index (χ4v) is 3.24. The van der Waals surface area contributed by atoms with Crippen LogP contribution in [0.15, 0.2) is 61.2 Å². The van der Waals surface area contributed by atoms with E-state index in [2.05, 4.69) is 10.3 Å². The average Bonchev–Trinajstić information content (AvgIpc) is 3.36. The SMILES string of the molecule is O=C(c1ccc(-n2cccc2)cc1)N1CCC(O)(Cn2ccnn2)C1. The first-order valence-electron chi connectivity index (χ1n) is 8.22. The molecule has 3 aromatic rings. The standard InChI is InChI=1S/C18H19N5O2/c24-17(15-3-5-16(6-4-15)21-9-1-2-10-21)22-11-7-18(25,13-22)14-23-12-8-19-20-23/h1-6,8-10,12,25H,7,11,13-14H2. The Kier molecular flexibility index (Phi) is 3.85. The van der Waals surface area contributed by atoms with Crippen molar-refractivity contribution in [2.75, 3.05) is 13.1 Å². The first kappa shape index (κ1) is 15.6. The molecule has 0 bridgehead atoms. The molecule has 1 aromatic carbocycles. The summed E-state index contributed by atoms with van der Waals surface area (Å²) in [7, 11) is 0. The van der Waals surface area contributed by atoms with Gasteiger partial charge in [0.15, 0.2) is 0 Å². The smallest absolute Gasteiger partial charge is 0.253 e. The van der Waals surface area contributed by atoms with E-state index in [1.54, 1.807) is 22.0 Å². The monoisotopic (exact) mass is 337 g/mol. The lowest BCUT2D eigenvalue weighted by Crippen LogP contribution is -2.39. The number of carbonyl (C=O) groups excluding carboxylic acids is 1.